The van der Waals surface area contributed by atoms with Crippen molar-refractivity contribution in [1.82, 2.24) is 4.31 Å². The Morgan fingerprint density at radius 2 is 1.61 bits per heavy atom. The summed E-state index contributed by atoms with van der Waals surface area (Å²) >= 11 is 0. The number of benzene rings is 3. The predicted molar refractivity (Wildman–Crippen MR) is 129 cm³/mol. The van der Waals surface area contributed by atoms with Crippen LogP contribution in [0.1, 0.15) is 0 Å². The van der Waals surface area contributed by atoms with Gasteiger partial charge < -0.3 is 29.9 Å². The molecule has 0 radical (unpaired) electrons. The SMILES string of the molecule is O=S(=O)(c1ccc(NO)cc1)N(CCOc1ccc2ccccc2c1)C1O[C@H](CO)[C@@H](O)[C@H](O)[C@H]1O. The molecule has 1 fully saturated rings. The molecule has 6 N–H and O–H groups in total. The highest BCUT2D eigenvalue weighted by atomic mass is 32.2. The number of anilines is 1. The van der Waals surface area contributed by atoms with E-state index in [4.69, 9.17) is 14.7 Å². The molecule has 0 aromatic heterocycles. The van der Waals surface area contributed by atoms with Gasteiger partial charge in [-0.15, -0.1) is 0 Å². The minimum Gasteiger partial charge on any atom is -0.492 e. The summed E-state index contributed by atoms with van der Waals surface area (Å²) in [5.41, 5.74) is 2.17. The van der Waals surface area contributed by atoms with E-state index in [0.29, 0.717) is 5.75 Å². The highest BCUT2D eigenvalue weighted by molar-refractivity contribution is 7.89. The molecule has 36 heavy (non-hydrogen) atoms. The first-order valence-electron chi connectivity index (χ1n) is 11.2. The third-order valence-electron chi connectivity index (χ3n) is 6.04. The van der Waals surface area contributed by atoms with Gasteiger partial charge in [0.2, 0.25) is 10.0 Å². The van der Waals surface area contributed by atoms with Crippen LogP contribution in [0.5, 0.6) is 5.75 Å². The van der Waals surface area contributed by atoms with Crippen LogP contribution in [0.25, 0.3) is 10.8 Å². The zero-order chi connectivity index (χ0) is 25.9. The number of hydrogen-bond acceptors (Lipinski definition) is 10. The lowest BCUT2D eigenvalue weighted by Crippen LogP contribution is -2.64. The molecule has 12 heteroatoms. The van der Waals surface area contributed by atoms with Crippen LogP contribution in [-0.2, 0) is 14.8 Å². The fourth-order valence-corrected chi connectivity index (χ4v) is 5.57. The van der Waals surface area contributed by atoms with Crippen molar-refractivity contribution in [3.8, 4) is 5.75 Å². The van der Waals surface area contributed by atoms with Gasteiger partial charge >= 0.3 is 0 Å². The molecule has 0 saturated carbocycles. The molecule has 5 atom stereocenters. The highest BCUT2D eigenvalue weighted by Gasteiger charge is 2.48. The van der Waals surface area contributed by atoms with Crippen LogP contribution in [0, 0.1) is 0 Å². The molecule has 0 amide bonds. The molecule has 0 bridgehead atoms. The van der Waals surface area contributed by atoms with Crippen molar-refractivity contribution in [3.05, 3.63) is 66.7 Å². The summed E-state index contributed by atoms with van der Waals surface area (Å²) in [5, 5.41) is 51.5. The summed E-state index contributed by atoms with van der Waals surface area (Å²) in [6, 6.07) is 18.2. The third kappa shape index (κ3) is 5.31. The van der Waals surface area contributed by atoms with Gasteiger partial charge in [0.1, 0.15) is 36.8 Å². The van der Waals surface area contributed by atoms with Crippen molar-refractivity contribution in [2.24, 2.45) is 0 Å². The molecule has 11 nitrogen and oxygen atoms in total. The number of nitrogens with one attached hydrogen (secondary N) is 1. The van der Waals surface area contributed by atoms with Gasteiger partial charge in [0.05, 0.1) is 23.7 Å². The normalized spacial score (nSPS) is 24.7. The Morgan fingerprint density at radius 3 is 2.28 bits per heavy atom. The smallest absolute Gasteiger partial charge is 0.245 e. The average Bonchev–Trinajstić information content (AvgIpc) is 2.90. The molecule has 1 aliphatic heterocycles. The molecule has 3 aromatic carbocycles. The van der Waals surface area contributed by atoms with E-state index in [1.54, 1.807) is 6.07 Å². The monoisotopic (exact) mass is 520 g/mol. The summed E-state index contributed by atoms with van der Waals surface area (Å²) in [6.45, 7) is -1.14. The molecule has 4 rings (SSSR count). The van der Waals surface area contributed by atoms with E-state index in [-0.39, 0.29) is 23.7 Å². The molecule has 0 aliphatic carbocycles. The van der Waals surface area contributed by atoms with Crippen molar-refractivity contribution in [3.63, 3.8) is 0 Å². The molecule has 0 spiro atoms. The maximum Gasteiger partial charge on any atom is 0.245 e. The average molecular weight is 521 g/mol. The molecule has 1 heterocycles. The van der Waals surface area contributed by atoms with Crippen LogP contribution < -0.4 is 10.2 Å². The molecular weight excluding hydrogens is 492 g/mol. The van der Waals surface area contributed by atoms with E-state index in [9.17, 15) is 28.8 Å². The predicted octanol–water partition coefficient (Wildman–Crippen LogP) is 0.510. The lowest BCUT2D eigenvalue weighted by molar-refractivity contribution is -0.253. The molecular formula is C24H28N2O9S. The van der Waals surface area contributed by atoms with E-state index in [1.165, 1.54) is 24.3 Å². The molecule has 1 saturated heterocycles. The van der Waals surface area contributed by atoms with E-state index in [2.05, 4.69) is 0 Å². The van der Waals surface area contributed by atoms with Crippen LogP contribution in [-0.4, -0.2) is 88.8 Å². The number of rotatable bonds is 9. The quantitative estimate of drug-likeness (QED) is 0.219. The van der Waals surface area contributed by atoms with Crippen LogP contribution >= 0.6 is 0 Å². The highest BCUT2D eigenvalue weighted by Crippen LogP contribution is 2.29. The first-order valence-corrected chi connectivity index (χ1v) is 12.6. The van der Waals surface area contributed by atoms with Crippen LogP contribution in [0.4, 0.5) is 5.69 Å². The van der Waals surface area contributed by atoms with E-state index in [0.717, 1.165) is 15.1 Å². The Balaban J connectivity index is 1.61. The third-order valence-corrected chi connectivity index (χ3v) is 7.92. The van der Waals surface area contributed by atoms with Gasteiger partial charge in [-0.2, -0.15) is 4.31 Å². The Bertz CT molecular complexity index is 1270. The Hall–Kier alpha value is -2.81. The van der Waals surface area contributed by atoms with Crippen molar-refractivity contribution in [1.29, 1.82) is 0 Å². The standard InChI is InChI=1S/C24H28N2O9S/c27-14-20-21(28)22(29)23(30)24(35-20)26(36(32,33)19-9-6-17(25-31)7-10-19)11-12-34-18-8-5-15-3-1-2-4-16(15)13-18/h1-10,13,20-25,27-31H,11-12,14H2/t20-,21-,22+,23-,24?/m1/s1. The molecule has 1 aliphatic rings. The molecule has 194 valence electrons. The number of aliphatic hydroxyl groups excluding tert-OH is 4. The zero-order valence-corrected chi connectivity index (χ0v) is 19.9. The second-order valence-electron chi connectivity index (χ2n) is 8.33. The van der Waals surface area contributed by atoms with Crippen molar-refractivity contribution in [2.75, 3.05) is 25.2 Å². The van der Waals surface area contributed by atoms with Gasteiger partial charge in [-0.1, -0.05) is 30.3 Å². The summed E-state index contributed by atoms with van der Waals surface area (Å²) in [7, 11) is -4.34. The Morgan fingerprint density at radius 1 is 0.917 bits per heavy atom. The van der Waals surface area contributed by atoms with Crippen molar-refractivity contribution < 1.29 is 43.5 Å². The lowest BCUT2D eigenvalue weighted by atomic mass is 9.98. The first-order chi connectivity index (χ1) is 17.3. The Kier molecular flexibility index (Phi) is 8.07. The van der Waals surface area contributed by atoms with Crippen LogP contribution in [0.15, 0.2) is 71.6 Å². The number of sulfonamides is 1. The van der Waals surface area contributed by atoms with E-state index < -0.39 is 47.3 Å². The van der Waals surface area contributed by atoms with E-state index in [1.807, 2.05) is 41.9 Å². The maximum atomic E-state index is 13.6. The number of nitrogens with zero attached hydrogens (tertiary/aromatic N) is 1. The number of ether oxygens (including phenoxy) is 2. The summed E-state index contributed by atoms with van der Waals surface area (Å²) in [6.07, 6.45) is -8.14. The fraction of sp³-hybridized carbons (Fsp3) is 0.333. The minimum atomic E-state index is -4.34. The van der Waals surface area contributed by atoms with E-state index >= 15 is 0 Å². The summed E-state index contributed by atoms with van der Waals surface area (Å²) in [4.78, 5) is -0.177. The maximum absolute atomic E-state index is 13.6. The van der Waals surface area contributed by atoms with Gasteiger partial charge in [0.15, 0.2) is 6.23 Å². The van der Waals surface area contributed by atoms with Gasteiger partial charge in [0.25, 0.3) is 0 Å². The van der Waals surface area contributed by atoms with Gasteiger partial charge in [-0.25, -0.2) is 8.42 Å². The Labute approximate surface area is 207 Å². The number of fused-ring (bicyclic) bond motifs is 1. The van der Waals surface area contributed by atoms with Gasteiger partial charge in [0, 0.05) is 0 Å². The molecule has 3 aromatic rings. The van der Waals surface area contributed by atoms with Crippen LogP contribution in [0.2, 0.25) is 0 Å². The second-order valence-corrected chi connectivity index (χ2v) is 10.2. The van der Waals surface area contributed by atoms with Crippen molar-refractivity contribution in [2.45, 2.75) is 35.5 Å². The first kappa shape index (κ1) is 26.3. The summed E-state index contributed by atoms with van der Waals surface area (Å²) < 4.78 is 39.3. The van der Waals surface area contributed by atoms with Crippen LogP contribution in [0.3, 0.4) is 0 Å². The second kappa shape index (κ2) is 11.1. The zero-order valence-electron chi connectivity index (χ0n) is 19.1. The van der Waals surface area contributed by atoms with Gasteiger partial charge in [-0.3, -0.25) is 10.7 Å². The number of hydrogen-bond donors (Lipinski definition) is 6. The topological polar surface area (TPSA) is 169 Å². The lowest BCUT2D eigenvalue weighted by Gasteiger charge is -2.43. The summed E-state index contributed by atoms with van der Waals surface area (Å²) in [5.74, 6) is 0.498. The largest absolute Gasteiger partial charge is 0.492 e. The molecule has 1 unspecified atom stereocenters. The van der Waals surface area contributed by atoms with Crippen molar-refractivity contribution >= 4 is 26.5 Å². The fourth-order valence-electron chi connectivity index (χ4n) is 4.05. The van der Waals surface area contributed by atoms with Gasteiger partial charge in [-0.05, 0) is 47.2 Å². The minimum absolute atomic E-state index is 0.136. The number of aliphatic hydroxyl groups is 4.